The van der Waals surface area contributed by atoms with E-state index in [1.165, 1.54) is 31.0 Å². The molecule has 1 aromatic carbocycles. The Labute approximate surface area is 116 Å². The summed E-state index contributed by atoms with van der Waals surface area (Å²) in [4.78, 5) is 12.4. The number of carbonyl (C=O) groups is 1. The van der Waals surface area contributed by atoms with Crippen LogP contribution < -0.4 is 0 Å². The molecule has 1 rings (SSSR count). The van der Waals surface area contributed by atoms with E-state index in [1.807, 2.05) is 0 Å². The van der Waals surface area contributed by atoms with E-state index < -0.39 is 5.82 Å². The van der Waals surface area contributed by atoms with E-state index >= 15 is 0 Å². The minimum absolute atomic E-state index is 0.0686. The molecule has 0 aliphatic carbocycles. The standard InChI is InChI=1S/C13H16ClFO2S/c1-3-4-5-12(13(16)17-2)18-9-6-7-11(15)10(14)8-9/h6-8,12H,3-5H2,1-2H3. The summed E-state index contributed by atoms with van der Waals surface area (Å²) in [6, 6.07) is 4.45. The first kappa shape index (κ1) is 15.3. The maximum Gasteiger partial charge on any atom is 0.319 e. The van der Waals surface area contributed by atoms with Gasteiger partial charge in [-0.25, -0.2) is 4.39 Å². The monoisotopic (exact) mass is 290 g/mol. The normalized spacial score (nSPS) is 12.2. The summed E-state index contributed by atoms with van der Waals surface area (Å²) in [7, 11) is 1.37. The molecular formula is C13H16ClFO2S. The van der Waals surface area contributed by atoms with Crippen LogP contribution >= 0.6 is 23.4 Å². The van der Waals surface area contributed by atoms with Crippen molar-refractivity contribution in [2.45, 2.75) is 36.3 Å². The van der Waals surface area contributed by atoms with Crippen LogP contribution in [0, 0.1) is 5.82 Å². The number of rotatable bonds is 6. The Balaban J connectivity index is 2.75. The van der Waals surface area contributed by atoms with Crippen LogP contribution in [0.4, 0.5) is 4.39 Å². The Morgan fingerprint density at radius 1 is 1.56 bits per heavy atom. The maximum absolute atomic E-state index is 13.0. The van der Waals surface area contributed by atoms with Crippen molar-refractivity contribution in [3.8, 4) is 0 Å². The fourth-order valence-electron chi connectivity index (χ4n) is 1.46. The molecule has 0 saturated carbocycles. The van der Waals surface area contributed by atoms with Crippen molar-refractivity contribution < 1.29 is 13.9 Å². The molecule has 0 aliphatic heterocycles. The van der Waals surface area contributed by atoms with Crippen molar-refractivity contribution >= 4 is 29.3 Å². The van der Waals surface area contributed by atoms with Crippen LogP contribution in [0.25, 0.3) is 0 Å². The van der Waals surface area contributed by atoms with Crippen molar-refractivity contribution in [3.63, 3.8) is 0 Å². The smallest absolute Gasteiger partial charge is 0.319 e. The molecule has 100 valence electrons. The molecular weight excluding hydrogens is 275 g/mol. The Morgan fingerprint density at radius 3 is 2.83 bits per heavy atom. The minimum Gasteiger partial charge on any atom is -0.468 e. The molecule has 0 bridgehead atoms. The van der Waals surface area contributed by atoms with Gasteiger partial charge in [0.05, 0.1) is 12.1 Å². The lowest BCUT2D eigenvalue weighted by Gasteiger charge is -2.14. The molecule has 0 heterocycles. The number of carbonyl (C=O) groups excluding carboxylic acids is 1. The lowest BCUT2D eigenvalue weighted by molar-refractivity contribution is -0.140. The number of thioether (sulfide) groups is 1. The van der Waals surface area contributed by atoms with E-state index in [9.17, 15) is 9.18 Å². The fourth-order valence-corrected chi connectivity index (χ4v) is 2.84. The molecule has 1 unspecified atom stereocenters. The largest absolute Gasteiger partial charge is 0.468 e. The van der Waals surface area contributed by atoms with Gasteiger partial charge >= 0.3 is 5.97 Å². The van der Waals surface area contributed by atoms with Gasteiger partial charge in [-0.1, -0.05) is 31.4 Å². The quantitative estimate of drug-likeness (QED) is 0.577. The van der Waals surface area contributed by atoms with Crippen molar-refractivity contribution in [1.82, 2.24) is 0 Å². The van der Waals surface area contributed by atoms with Crippen molar-refractivity contribution in [2.75, 3.05) is 7.11 Å². The number of halogens is 2. The number of unbranched alkanes of at least 4 members (excludes halogenated alkanes) is 1. The number of hydrogen-bond donors (Lipinski definition) is 0. The third kappa shape index (κ3) is 4.50. The second-order valence-electron chi connectivity index (χ2n) is 3.85. The van der Waals surface area contributed by atoms with Crippen LogP contribution in [0.2, 0.25) is 5.02 Å². The van der Waals surface area contributed by atoms with Gasteiger partial charge in [0.2, 0.25) is 0 Å². The Bertz CT molecular complexity index is 412. The predicted molar refractivity (Wildman–Crippen MR) is 72.6 cm³/mol. The zero-order valence-electron chi connectivity index (χ0n) is 10.4. The summed E-state index contributed by atoms with van der Waals surface area (Å²) in [5, 5.41) is -0.199. The van der Waals surface area contributed by atoms with Crippen molar-refractivity contribution in [2.24, 2.45) is 0 Å². The van der Waals surface area contributed by atoms with E-state index in [-0.39, 0.29) is 16.2 Å². The molecule has 0 fully saturated rings. The van der Waals surface area contributed by atoms with Crippen LogP contribution in [0.3, 0.4) is 0 Å². The molecule has 5 heteroatoms. The van der Waals surface area contributed by atoms with E-state index in [1.54, 1.807) is 6.07 Å². The van der Waals surface area contributed by atoms with E-state index in [4.69, 9.17) is 16.3 Å². The predicted octanol–water partition coefficient (Wildman–Crippen LogP) is 4.30. The van der Waals surface area contributed by atoms with Crippen molar-refractivity contribution in [3.05, 3.63) is 29.0 Å². The van der Waals surface area contributed by atoms with Gasteiger partial charge in [-0.3, -0.25) is 4.79 Å². The minimum atomic E-state index is -0.454. The molecule has 0 N–H and O–H groups in total. The van der Waals surface area contributed by atoms with Gasteiger partial charge in [0.15, 0.2) is 0 Å². The molecule has 0 aromatic heterocycles. The zero-order valence-corrected chi connectivity index (χ0v) is 12.0. The summed E-state index contributed by atoms with van der Waals surface area (Å²) >= 11 is 7.07. The van der Waals surface area contributed by atoms with Crippen LogP contribution in [0.5, 0.6) is 0 Å². The average Bonchev–Trinajstić information content (AvgIpc) is 2.37. The number of methoxy groups -OCH3 is 1. The van der Waals surface area contributed by atoms with Crippen LogP contribution in [0.15, 0.2) is 23.1 Å². The van der Waals surface area contributed by atoms with Crippen LogP contribution in [0.1, 0.15) is 26.2 Å². The highest BCUT2D eigenvalue weighted by Gasteiger charge is 2.20. The van der Waals surface area contributed by atoms with Gasteiger partial charge in [0.1, 0.15) is 11.1 Å². The molecule has 0 spiro atoms. The Hall–Kier alpha value is -0.740. The summed E-state index contributed by atoms with van der Waals surface area (Å²) in [6.45, 7) is 2.06. The number of esters is 1. The lowest BCUT2D eigenvalue weighted by Crippen LogP contribution is -2.18. The Kier molecular flexibility index (Phi) is 6.50. The van der Waals surface area contributed by atoms with E-state index in [2.05, 4.69) is 6.92 Å². The molecule has 0 radical (unpaired) electrons. The molecule has 0 saturated heterocycles. The summed E-state index contributed by atoms with van der Waals surface area (Å²) < 4.78 is 17.8. The first-order chi connectivity index (χ1) is 8.58. The number of hydrogen-bond acceptors (Lipinski definition) is 3. The molecule has 18 heavy (non-hydrogen) atoms. The van der Waals surface area contributed by atoms with E-state index in [0.717, 1.165) is 24.2 Å². The van der Waals surface area contributed by atoms with Gasteiger partial charge in [0.25, 0.3) is 0 Å². The second kappa shape index (κ2) is 7.64. The highest BCUT2D eigenvalue weighted by Crippen LogP contribution is 2.30. The van der Waals surface area contributed by atoms with Gasteiger partial charge < -0.3 is 4.74 Å². The first-order valence-corrected chi connectivity index (χ1v) is 7.03. The summed E-state index contributed by atoms with van der Waals surface area (Å²) in [5.41, 5.74) is 0. The topological polar surface area (TPSA) is 26.3 Å². The number of ether oxygens (including phenoxy) is 1. The van der Waals surface area contributed by atoms with Gasteiger partial charge in [0, 0.05) is 4.90 Å². The Morgan fingerprint density at radius 2 is 2.28 bits per heavy atom. The third-order valence-electron chi connectivity index (χ3n) is 2.45. The fraction of sp³-hybridized carbons (Fsp3) is 0.462. The van der Waals surface area contributed by atoms with Crippen molar-refractivity contribution in [1.29, 1.82) is 0 Å². The highest BCUT2D eigenvalue weighted by atomic mass is 35.5. The van der Waals surface area contributed by atoms with Gasteiger partial charge in [-0.05, 0) is 24.6 Å². The van der Waals surface area contributed by atoms with Gasteiger partial charge in [-0.15, -0.1) is 11.8 Å². The van der Waals surface area contributed by atoms with Crippen LogP contribution in [-0.2, 0) is 9.53 Å². The third-order valence-corrected chi connectivity index (χ3v) is 3.98. The molecule has 2 nitrogen and oxygen atoms in total. The second-order valence-corrected chi connectivity index (χ2v) is 5.53. The molecule has 1 aromatic rings. The van der Waals surface area contributed by atoms with E-state index in [0.29, 0.717) is 0 Å². The summed E-state index contributed by atoms with van der Waals surface area (Å²) in [6.07, 6.45) is 2.70. The zero-order chi connectivity index (χ0) is 13.5. The molecule has 1 atom stereocenters. The maximum atomic E-state index is 13.0. The SMILES string of the molecule is CCCCC(Sc1ccc(F)c(Cl)c1)C(=O)OC. The first-order valence-electron chi connectivity index (χ1n) is 5.78. The highest BCUT2D eigenvalue weighted by molar-refractivity contribution is 8.00. The summed E-state index contributed by atoms with van der Waals surface area (Å²) in [5.74, 6) is -0.710. The number of benzene rings is 1. The van der Waals surface area contributed by atoms with Gasteiger partial charge in [-0.2, -0.15) is 0 Å². The van der Waals surface area contributed by atoms with Crippen LogP contribution in [-0.4, -0.2) is 18.3 Å². The lowest BCUT2D eigenvalue weighted by atomic mass is 10.2. The molecule has 0 amide bonds. The molecule has 0 aliphatic rings. The average molecular weight is 291 g/mol.